The number of ether oxygens (including phenoxy) is 1. The molecule has 0 saturated carbocycles. The van der Waals surface area contributed by atoms with Crippen molar-refractivity contribution in [1.82, 2.24) is 15.2 Å². The third-order valence-corrected chi connectivity index (χ3v) is 4.37. The van der Waals surface area contributed by atoms with E-state index in [2.05, 4.69) is 10.3 Å². The number of halogens is 1. The van der Waals surface area contributed by atoms with Crippen LogP contribution in [0.25, 0.3) is 0 Å². The van der Waals surface area contributed by atoms with Crippen LogP contribution < -0.4 is 10.1 Å². The van der Waals surface area contributed by atoms with Crippen molar-refractivity contribution in [2.24, 2.45) is 5.92 Å². The summed E-state index contributed by atoms with van der Waals surface area (Å²) in [5.41, 5.74) is 0.644. The van der Waals surface area contributed by atoms with Crippen LogP contribution >= 0.6 is 0 Å². The summed E-state index contributed by atoms with van der Waals surface area (Å²) in [6, 6.07) is 7.80. The summed E-state index contributed by atoms with van der Waals surface area (Å²) < 4.78 is 19.7. The van der Waals surface area contributed by atoms with E-state index in [1.54, 1.807) is 29.3 Å². The Kier molecular flexibility index (Phi) is 6.01. The van der Waals surface area contributed by atoms with E-state index in [0.29, 0.717) is 24.4 Å². The average molecular weight is 359 g/mol. The highest BCUT2D eigenvalue weighted by Crippen LogP contribution is 2.24. The lowest BCUT2D eigenvalue weighted by Crippen LogP contribution is -2.45. The molecule has 2 amide bonds. The van der Waals surface area contributed by atoms with Crippen LogP contribution in [0.2, 0.25) is 0 Å². The zero-order valence-electron chi connectivity index (χ0n) is 14.4. The second kappa shape index (κ2) is 8.62. The van der Waals surface area contributed by atoms with Crippen molar-refractivity contribution >= 4 is 6.03 Å². The van der Waals surface area contributed by atoms with Crippen molar-refractivity contribution in [2.75, 3.05) is 19.7 Å². The molecule has 1 aromatic heterocycles. The van der Waals surface area contributed by atoms with Crippen LogP contribution in [0, 0.1) is 11.7 Å². The molecule has 138 valence electrons. The number of urea groups is 1. The van der Waals surface area contributed by atoms with Crippen LogP contribution in [0.15, 0.2) is 42.7 Å². The lowest BCUT2D eigenvalue weighted by atomic mass is 9.99. The van der Waals surface area contributed by atoms with Crippen LogP contribution in [-0.2, 0) is 6.54 Å². The Morgan fingerprint density at radius 2 is 2.31 bits per heavy atom. The van der Waals surface area contributed by atoms with E-state index in [0.717, 1.165) is 12.8 Å². The van der Waals surface area contributed by atoms with Gasteiger partial charge in [0.05, 0.1) is 6.20 Å². The number of hydrogen-bond donors (Lipinski definition) is 2. The quantitative estimate of drug-likeness (QED) is 0.861. The predicted octanol–water partition coefficient (Wildman–Crippen LogP) is 2.93. The van der Waals surface area contributed by atoms with Gasteiger partial charge in [0.2, 0.25) is 0 Å². The molecule has 0 aliphatic carbocycles. The van der Waals surface area contributed by atoms with E-state index in [1.807, 2.05) is 0 Å². The van der Waals surface area contributed by atoms with Crippen molar-refractivity contribution < 1.29 is 19.0 Å². The van der Waals surface area contributed by atoms with Crippen molar-refractivity contribution in [2.45, 2.75) is 19.4 Å². The average Bonchev–Trinajstić information content (AvgIpc) is 2.69. The number of hydrogen-bond acceptors (Lipinski definition) is 4. The molecule has 1 aromatic carbocycles. The number of aliphatic hydroxyl groups is 1. The summed E-state index contributed by atoms with van der Waals surface area (Å²) in [7, 11) is 0. The summed E-state index contributed by atoms with van der Waals surface area (Å²) >= 11 is 0. The molecule has 26 heavy (non-hydrogen) atoms. The normalized spacial score (nSPS) is 17.0. The van der Waals surface area contributed by atoms with Gasteiger partial charge in [-0.15, -0.1) is 0 Å². The fraction of sp³-hybridized carbons (Fsp3) is 0.368. The number of amides is 2. The van der Waals surface area contributed by atoms with E-state index in [-0.39, 0.29) is 30.9 Å². The topological polar surface area (TPSA) is 74.7 Å². The molecule has 1 saturated heterocycles. The van der Waals surface area contributed by atoms with E-state index < -0.39 is 5.82 Å². The summed E-state index contributed by atoms with van der Waals surface area (Å²) in [6.45, 7) is 1.54. The van der Waals surface area contributed by atoms with Gasteiger partial charge in [-0.2, -0.15) is 0 Å². The number of pyridine rings is 1. The van der Waals surface area contributed by atoms with Gasteiger partial charge in [0.15, 0.2) is 11.6 Å². The van der Waals surface area contributed by atoms with Gasteiger partial charge in [0.1, 0.15) is 5.75 Å². The maximum atomic E-state index is 14.2. The Bertz CT molecular complexity index is 742. The molecule has 0 spiro atoms. The molecular formula is C19H22FN3O3. The summed E-state index contributed by atoms with van der Waals surface area (Å²) in [5, 5.41) is 12.0. The van der Waals surface area contributed by atoms with Crippen molar-refractivity contribution in [1.29, 1.82) is 0 Å². The number of benzene rings is 1. The maximum Gasteiger partial charge on any atom is 0.317 e. The van der Waals surface area contributed by atoms with Gasteiger partial charge in [-0.05, 0) is 48.6 Å². The molecule has 0 unspecified atom stereocenters. The number of piperidine rings is 1. The first-order chi connectivity index (χ1) is 12.7. The Balaban J connectivity index is 1.55. The molecule has 1 atom stereocenters. The SMILES string of the molecule is O=C(NCc1ccc(Oc2cccnc2)c(F)c1)N1CCC[C@H](CO)C1. The maximum absolute atomic E-state index is 14.2. The van der Waals surface area contributed by atoms with Gasteiger partial charge in [-0.25, -0.2) is 9.18 Å². The van der Waals surface area contributed by atoms with Gasteiger partial charge >= 0.3 is 6.03 Å². The van der Waals surface area contributed by atoms with Crippen molar-refractivity contribution in [3.05, 3.63) is 54.1 Å². The second-order valence-electron chi connectivity index (χ2n) is 6.35. The van der Waals surface area contributed by atoms with Gasteiger partial charge in [-0.1, -0.05) is 6.07 Å². The highest BCUT2D eigenvalue weighted by Gasteiger charge is 2.22. The summed E-state index contributed by atoms with van der Waals surface area (Å²) in [5.74, 6) is 0.195. The van der Waals surface area contributed by atoms with Crippen LogP contribution in [0.5, 0.6) is 11.5 Å². The van der Waals surface area contributed by atoms with E-state index in [4.69, 9.17) is 4.74 Å². The van der Waals surface area contributed by atoms with Crippen molar-refractivity contribution in [3.8, 4) is 11.5 Å². The number of aromatic nitrogens is 1. The number of likely N-dealkylation sites (tertiary alicyclic amines) is 1. The standard InChI is InChI=1S/C19H22FN3O3/c20-17-9-14(5-6-18(17)26-16-4-1-7-21-11-16)10-22-19(25)23-8-2-3-15(12-23)13-24/h1,4-7,9,11,15,24H,2-3,8,10,12-13H2,(H,22,25)/t15-/m0/s1. The minimum Gasteiger partial charge on any atom is -0.453 e. The summed E-state index contributed by atoms with van der Waals surface area (Å²) in [6.07, 6.45) is 4.93. The van der Waals surface area contributed by atoms with Crippen molar-refractivity contribution in [3.63, 3.8) is 0 Å². The molecule has 7 heteroatoms. The lowest BCUT2D eigenvalue weighted by molar-refractivity contribution is 0.129. The van der Waals surface area contributed by atoms with E-state index >= 15 is 0 Å². The van der Waals surface area contributed by atoms with Gasteiger partial charge in [-0.3, -0.25) is 4.98 Å². The third-order valence-electron chi connectivity index (χ3n) is 4.37. The number of rotatable bonds is 5. The molecular weight excluding hydrogens is 337 g/mol. The third kappa shape index (κ3) is 4.70. The van der Waals surface area contributed by atoms with Gasteiger partial charge in [0, 0.05) is 32.4 Å². The van der Waals surface area contributed by atoms with Crippen LogP contribution in [-0.4, -0.2) is 40.7 Å². The number of carbonyl (C=O) groups excluding carboxylic acids is 1. The second-order valence-corrected chi connectivity index (χ2v) is 6.35. The molecule has 2 heterocycles. The molecule has 0 radical (unpaired) electrons. The Hall–Kier alpha value is -2.67. The lowest BCUT2D eigenvalue weighted by Gasteiger charge is -2.31. The van der Waals surface area contributed by atoms with E-state index in [1.165, 1.54) is 18.3 Å². The number of carbonyl (C=O) groups is 1. The molecule has 2 aromatic rings. The number of nitrogens with one attached hydrogen (secondary N) is 1. The molecule has 1 fully saturated rings. The largest absolute Gasteiger partial charge is 0.453 e. The predicted molar refractivity (Wildman–Crippen MR) is 94.3 cm³/mol. The minimum atomic E-state index is -0.501. The molecule has 2 N–H and O–H groups in total. The molecule has 1 aliphatic heterocycles. The summed E-state index contributed by atoms with van der Waals surface area (Å²) in [4.78, 5) is 17.8. The van der Waals surface area contributed by atoms with Gasteiger partial charge < -0.3 is 20.1 Å². The molecule has 1 aliphatic rings. The Morgan fingerprint density at radius 3 is 3.04 bits per heavy atom. The van der Waals surface area contributed by atoms with Crippen LogP contribution in [0.1, 0.15) is 18.4 Å². The first-order valence-corrected chi connectivity index (χ1v) is 8.65. The number of nitrogens with zero attached hydrogens (tertiary/aromatic N) is 2. The Labute approximate surface area is 151 Å². The minimum absolute atomic E-state index is 0.0907. The molecule has 0 bridgehead atoms. The number of aliphatic hydroxyl groups excluding tert-OH is 1. The highest BCUT2D eigenvalue weighted by molar-refractivity contribution is 5.74. The van der Waals surface area contributed by atoms with Gasteiger partial charge in [0.25, 0.3) is 0 Å². The first kappa shape index (κ1) is 18.1. The fourth-order valence-electron chi connectivity index (χ4n) is 2.96. The Morgan fingerprint density at radius 1 is 1.42 bits per heavy atom. The highest BCUT2D eigenvalue weighted by atomic mass is 19.1. The smallest absolute Gasteiger partial charge is 0.317 e. The molecule has 6 nitrogen and oxygen atoms in total. The van der Waals surface area contributed by atoms with E-state index in [9.17, 15) is 14.3 Å². The monoisotopic (exact) mass is 359 g/mol. The fourth-order valence-corrected chi connectivity index (χ4v) is 2.96. The molecule has 3 rings (SSSR count). The van der Waals surface area contributed by atoms with Crippen LogP contribution in [0.3, 0.4) is 0 Å². The first-order valence-electron chi connectivity index (χ1n) is 8.65. The zero-order valence-corrected chi connectivity index (χ0v) is 14.4. The zero-order chi connectivity index (χ0) is 18.4. The van der Waals surface area contributed by atoms with Crippen LogP contribution in [0.4, 0.5) is 9.18 Å².